The summed E-state index contributed by atoms with van der Waals surface area (Å²) in [4.78, 5) is 19.2. The second kappa shape index (κ2) is 6.01. The van der Waals surface area contributed by atoms with Crippen molar-refractivity contribution in [1.82, 2.24) is 9.97 Å². The van der Waals surface area contributed by atoms with E-state index in [9.17, 15) is 4.79 Å². The number of rotatable bonds is 5. The van der Waals surface area contributed by atoms with Gasteiger partial charge in [0.05, 0.1) is 18.5 Å². The largest absolute Gasteiger partial charge is 0.494 e. The van der Waals surface area contributed by atoms with Crippen molar-refractivity contribution in [3.05, 3.63) is 47.4 Å². The highest BCUT2D eigenvalue weighted by molar-refractivity contribution is 5.94. The lowest BCUT2D eigenvalue weighted by molar-refractivity contribution is 0.0996. The van der Waals surface area contributed by atoms with Crippen molar-refractivity contribution >= 4 is 11.7 Å². The molecule has 0 aliphatic heterocycles. The van der Waals surface area contributed by atoms with Crippen molar-refractivity contribution in [1.29, 1.82) is 0 Å². The molecule has 6 nitrogen and oxygen atoms in total. The standard InChI is InChI=1S/C14H16N4O2/c1-2-20-11-5-3-9(4-6-11)7-10-8-17-13(15)12(18-10)14(16)19/h3-6,8H,2,7H2,1H3,(H2,15,17)(H2,16,19). The molecule has 0 aliphatic rings. The van der Waals surface area contributed by atoms with Crippen LogP contribution < -0.4 is 16.2 Å². The Morgan fingerprint density at radius 3 is 2.60 bits per heavy atom. The minimum Gasteiger partial charge on any atom is -0.494 e. The number of hydrogen-bond donors (Lipinski definition) is 2. The van der Waals surface area contributed by atoms with Gasteiger partial charge in [-0.05, 0) is 24.6 Å². The fourth-order valence-corrected chi connectivity index (χ4v) is 1.78. The smallest absolute Gasteiger partial charge is 0.271 e. The molecule has 0 aliphatic carbocycles. The molecule has 1 aromatic heterocycles. The quantitative estimate of drug-likeness (QED) is 0.849. The molecule has 1 heterocycles. The fraction of sp³-hybridized carbons (Fsp3) is 0.214. The zero-order valence-electron chi connectivity index (χ0n) is 11.2. The summed E-state index contributed by atoms with van der Waals surface area (Å²) in [5.41, 5.74) is 12.4. The molecular formula is C14H16N4O2. The first-order chi connectivity index (χ1) is 9.60. The van der Waals surface area contributed by atoms with Gasteiger partial charge in [-0.25, -0.2) is 9.97 Å². The predicted molar refractivity (Wildman–Crippen MR) is 75.4 cm³/mol. The number of benzene rings is 1. The molecule has 0 unspecified atom stereocenters. The summed E-state index contributed by atoms with van der Waals surface area (Å²) in [6.07, 6.45) is 2.08. The third-order valence-electron chi connectivity index (χ3n) is 2.70. The van der Waals surface area contributed by atoms with Crippen molar-refractivity contribution in [3.8, 4) is 5.75 Å². The number of carbonyl (C=O) groups is 1. The number of primary amides is 1. The maximum Gasteiger partial charge on any atom is 0.271 e. The molecule has 0 spiro atoms. The minimum absolute atomic E-state index is 0.00781. The summed E-state index contributed by atoms with van der Waals surface area (Å²) in [5, 5.41) is 0. The van der Waals surface area contributed by atoms with E-state index in [1.807, 2.05) is 31.2 Å². The molecule has 2 aromatic rings. The van der Waals surface area contributed by atoms with Crippen LogP contribution in [0.2, 0.25) is 0 Å². The zero-order valence-corrected chi connectivity index (χ0v) is 11.2. The van der Waals surface area contributed by atoms with Gasteiger partial charge < -0.3 is 16.2 Å². The normalized spacial score (nSPS) is 10.2. The van der Waals surface area contributed by atoms with E-state index in [2.05, 4.69) is 9.97 Å². The van der Waals surface area contributed by atoms with Crippen LogP contribution in [0, 0.1) is 0 Å². The lowest BCUT2D eigenvalue weighted by Gasteiger charge is -2.06. The number of nitrogens with two attached hydrogens (primary N) is 2. The minimum atomic E-state index is -0.677. The van der Waals surface area contributed by atoms with Gasteiger partial charge >= 0.3 is 0 Å². The van der Waals surface area contributed by atoms with E-state index in [1.165, 1.54) is 6.20 Å². The molecule has 6 heteroatoms. The van der Waals surface area contributed by atoms with Crippen molar-refractivity contribution in [2.75, 3.05) is 12.3 Å². The van der Waals surface area contributed by atoms with Crippen LogP contribution in [-0.4, -0.2) is 22.5 Å². The summed E-state index contributed by atoms with van der Waals surface area (Å²) >= 11 is 0. The number of anilines is 1. The number of nitrogens with zero attached hydrogens (tertiary/aromatic N) is 2. The SMILES string of the molecule is CCOc1ccc(Cc2cnc(N)c(C(N)=O)n2)cc1. The number of aromatic nitrogens is 2. The highest BCUT2D eigenvalue weighted by Crippen LogP contribution is 2.15. The van der Waals surface area contributed by atoms with Gasteiger partial charge in [0.1, 0.15) is 5.75 Å². The molecule has 2 rings (SSSR count). The van der Waals surface area contributed by atoms with Crippen LogP contribution in [0.25, 0.3) is 0 Å². The Hall–Kier alpha value is -2.63. The van der Waals surface area contributed by atoms with Gasteiger partial charge in [0.15, 0.2) is 11.5 Å². The first-order valence-corrected chi connectivity index (χ1v) is 6.23. The number of carbonyl (C=O) groups excluding carboxylic acids is 1. The monoisotopic (exact) mass is 272 g/mol. The summed E-state index contributed by atoms with van der Waals surface area (Å²) < 4.78 is 5.37. The van der Waals surface area contributed by atoms with Crippen LogP contribution >= 0.6 is 0 Å². The van der Waals surface area contributed by atoms with Crippen LogP contribution in [0.1, 0.15) is 28.7 Å². The molecule has 0 bridgehead atoms. The van der Waals surface area contributed by atoms with Crippen LogP contribution in [0.15, 0.2) is 30.5 Å². The lowest BCUT2D eigenvalue weighted by Crippen LogP contribution is -2.17. The van der Waals surface area contributed by atoms with Gasteiger partial charge in [-0.3, -0.25) is 4.79 Å². The zero-order chi connectivity index (χ0) is 14.5. The van der Waals surface area contributed by atoms with Crippen molar-refractivity contribution in [2.24, 2.45) is 5.73 Å². The average molecular weight is 272 g/mol. The summed E-state index contributed by atoms with van der Waals surface area (Å²) in [7, 11) is 0. The van der Waals surface area contributed by atoms with E-state index < -0.39 is 5.91 Å². The predicted octanol–water partition coefficient (Wildman–Crippen LogP) is 1.15. The highest BCUT2D eigenvalue weighted by Gasteiger charge is 2.10. The van der Waals surface area contributed by atoms with E-state index >= 15 is 0 Å². The van der Waals surface area contributed by atoms with E-state index in [0.717, 1.165) is 11.3 Å². The molecule has 20 heavy (non-hydrogen) atoms. The van der Waals surface area contributed by atoms with Gasteiger partial charge in [0.25, 0.3) is 5.91 Å². The number of hydrogen-bond acceptors (Lipinski definition) is 5. The van der Waals surface area contributed by atoms with Crippen LogP contribution in [0.5, 0.6) is 5.75 Å². The van der Waals surface area contributed by atoms with Gasteiger partial charge in [0, 0.05) is 6.42 Å². The number of ether oxygens (including phenoxy) is 1. The molecule has 4 N–H and O–H groups in total. The van der Waals surface area contributed by atoms with Crippen molar-refractivity contribution < 1.29 is 9.53 Å². The van der Waals surface area contributed by atoms with Crippen LogP contribution in [-0.2, 0) is 6.42 Å². The van der Waals surface area contributed by atoms with Crippen LogP contribution in [0.3, 0.4) is 0 Å². The van der Waals surface area contributed by atoms with E-state index in [0.29, 0.717) is 18.7 Å². The molecule has 1 amide bonds. The Morgan fingerprint density at radius 2 is 2.00 bits per heavy atom. The van der Waals surface area contributed by atoms with E-state index in [4.69, 9.17) is 16.2 Å². The summed E-state index contributed by atoms with van der Waals surface area (Å²) in [6, 6.07) is 7.65. The molecule has 1 aromatic carbocycles. The number of nitrogen functional groups attached to an aromatic ring is 1. The Balaban J connectivity index is 2.17. The molecule has 0 atom stereocenters. The Morgan fingerprint density at radius 1 is 1.30 bits per heavy atom. The number of amides is 1. The Bertz CT molecular complexity index is 611. The molecule has 0 radical (unpaired) electrons. The summed E-state index contributed by atoms with van der Waals surface area (Å²) in [5.74, 6) is 0.189. The molecular weight excluding hydrogens is 256 g/mol. The topological polar surface area (TPSA) is 104 Å². The third kappa shape index (κ3) is 3.23. The van der Waals surface area contributed by atoms with Gasteiger partial charge in [-0.15, -0.1) is 0 Å². The maximum absolute atomic E-state index is 11.2. The molecule has 0 saturated carbocycles. The lowest BCUT2D eigenvalue weighted by atomic mass is 10.1. The summed E-state index contributed by atoms with van der Waals surface area (Å²) in [6.45, 7) is 2.56. The van der Waals surface area contributed by atoms with E-state index in [-0.39, 0.29) is 11.5 Å². The molecule has 0 fully saturated rings. The second-order valence-electron chi connectivity index (χ2n) is 4.21. The van der Waals surface area contributed by atoms with Crippen molar-refractivity contribution in [2.45, 2.75) is 13.3 Å². The molecule has 0 saturated heterocycles. The fourth-order valence-electron chi connectivity index (χ4n) is 1.78. The Labute approximate surface area is 116 Å². The highest BCUT2D eigenvalue weighted by atomic mass is 16.5. The van der Waals surface area contributed by atoms with Gasteiger partial charge in [-0.2, -0.15) is 0 Å². The molecule has 104 valence electrons. The first kappa shape index (κ1) is 13.8. The van der Waals surface area contributed by atoms with Crippen molar-refractivity contribution in [3.63, 3.8) is 0 Å². The second-order valence-corrected chi connectivity index (χ2v) is 4.21. The van der Waals surface area contributed by atoms with Gasteiger partial charge in [0.2, 0.25) is 0 Å². The third-order valence-corrected chi connectivity index (χ3v) is 2.70. The van der Waals surface area contributed by atoms with Gasteiger partial charge in [-0.1, -0.05) is 12.1 Å². The van der Waals surface area contributed by atoms with E-state index in [1.54, 1.807) is 0 Å². The maximum atomic E-state index is 11.2. The van der Waals surface area contributed by atoms with Crippen LogP contribution in [0.4, 0.5) is 5.82 Å². The average Bonchev–Trinajstić information content (AvgIpc) is 2.43. The Kier molecular flexibility index (Phi) is 4.14. The first-order valence-electron chi connectivity index (χ1n) is 6.23.